The van der Waals surface area contributed by atoms with Crippen molar-refractivity contribution in [2.75, 3.05) is 26.4 Å². The summed E-state index contributed by atoms with van der Waals surface area (Å²) in [5.41, 5.74) is 5.30. The first-order valence-corrected chi connectivity index (χ1v) is 11.4. The molecule has 0 bridgehead atoms. The van der Waals surface area contributed by atoms with Gasteiger partial charge in [0.05, 0.1) is 5.69 Å². The Hall–Kier alpha value is -4.18. The number of carboxylic acids is 2. The van der Waals surface area contributed by atoms with Crippen LogP contribution in [0.1, 0.15) is 35.6 Å². The number of rotatable bonds is 5. The molecule has 3 aromatic rings. The highest BCUT2D eigenvalue weighted by Crippen LogP contribution is 2.46. The minimum Gasteiger partial charge on any atom is -0.478 e. The lowest BCUT2D eigenvalue weighted by molar-refractivity contribution is -0.134. The zero-order valence-electron chi connectivity index (χ0n) is 19.1. The number of aliphatic carboxylic acids is 2. The quantitative estimate of drug-likeness (QED) is 0.504. The molecule has 0 spiro atoms. The van der Waals surface area contributed by atoms with E-state index < -0.39 is 11.9 Å². The molecule has 9 nitrogen and oxygen atoms in total. The van der Waals surface area contributed by atoms with Crippen LogP contribution in [0.25, 0.3) is 22.6 Å². The summed E-state index contributed by atoms with van der Waals surface area (Å²) >= 11 is 0. The van der Waals surface area contributed by atoms with Gasteiger partial charge in [0.2, 0.25) is 6.79 Å². The molecule has 0 atom stereocenters. The van der Waals surface area contributed by atoms with Gasteiger partial charge in [0, 0.05) is 41.6 Å². The highest BCUT2D eigenvalue weighted by atomic mass is 19.1. The van der Waals surface area contributed by atoms with Crippen molar-refractivity contribution in [1.29, 1.82) is 0 Å². The molecule has 0 unspecified atom stereocenters. The molecule has 1 saturated heterocycles. The number of hydrogen-bond acceptors (Lipinski definition) is 7. The van der Waals surface area contributed by atoms with Gasteiger partial charge in [-0.25, -0.2) is 14.0 Å². The summed E-state index contributed by atoms with van der Waals surface area (Å²) in [5, 5.41) is 20.8. The molecule has 0 amide bonds. The molecule has 6 rings (SSSR count). The Morgan fingerprint density at radius 2 is 1.83 bits per heavy atom. The fraction of sp³-hybridized carbons (Fsp3) is 0.269. The predicted octanol–water partition coefficient (Wildman–Crippen LogP) is 4.14. The second-order valence-corrected chi connectivity index (χ2v) is 8.70. The lowest BCUT2D eigenvalue weighted by Gasteiger charge is -2.33. The number of hydrogen-bond donors (Lipinski definition) is 2. The van der Waals surface area contributed by atoms with Crippen molar-refractivity contribution < 1.29 is 38.2 Å². The number of carbonyl (C=O) groups is 2. The molecule has 3 heterocycles. The summed E-state index contributed by atoms with van der Waals surface area (Å²) in [6.07, 6.45) is 5.39. The largest absolute Gasteiger partial charge is 0.478 e. The van der Waals surface area contributed by atoms with Gasteiger partial charge in [-0.1, -0.05) is 11.2 Å². The average Bonchev–Trinajstić information content (AvgIpc) is 3.48. The van der Waals surface area contributed by atoms with Crippen LogP contribution in [0.4, 0.5) is 4.39 Å². The second-order valence-electron chi connectivity index (χ2n) is 8.70. The molecule has 2 aliphatic heterocycles. The van der Waals surface area contributed by atoms with E-state index in [0.29, 0.717) is 30.4 Å². The Balaban J connectivity index is 0.000000292. The van der Waals surface area contributed by atoms with E-state index in [9.17, 15) is 14.0 Å². The number of nitrogens with zero attached hydrogens (tertiary/aromatic N) is 2. The second kappa shape index (κ2) is 9.82. The van der Waals surface area contributed by atoms with Gasteiger partial charge in [0.15, 0.2) is 17.1 Å². The zero-order valence-corrected chi connectivity index (χ0v) is 19.1. The highest BCUT2D eigenvalue weighted by molar-refractivity contribution is 5.99. The van der Waals surface area contributed by atoms with E-state index in [2.05, 4.69) is 22.2 Å². The van der Waals surface area contributed by atoms with Crippen LogP contribution in [0, 0.1) is 5.82 Å². The summed E-state index contributed by atoms with van der Waals surface area (Å²) in [5.74, 6) is -0.718. The maximum atomic E-state index is 13.4. The molecule has 2 N–H and O–H groups in total. The average molecular weight is 494 g/mol. The number of halogens is 1. The van der Waals surface area contributed by atoms with E-state index in [1.165, 1.54) is 28.8 Å². The fourth-order valence-electron chi connectivity index (χ4n) is 4.70. The normalized spacial score (nSPS) is 16.8. The summed E-state index contributed by atoms with van der Waals surface area (Å²) in [4.78, 5) is 21.6. The van der Waals surface area contributed by atoms with Crippen molar-refractivity contribution in [2.24, 2.45) is 0 Å². The lowest BCUT2D eigenvalue weighted by atomic mass is 9.86. The van der Waals surface area contributed by atoms with E-state index in [0.717, 1.165) is 55.1 Å². The molecule has 0 saturated carbocycles. The molecule has 0 radical (unpaired) electrons. The molecule has 2 aromatic carbocycles. The third kappa shape index (κ3) is 4.80. The highest BCUT2D eigenvalue weighted by Gasteiger charge is 2.30. The molecule has 3 aliphatic rings. The SMILES string of the molecule is Fc1ccc2c(C3CCN(CC4=Cc5c4ccc4c5OCO4)CC3)noc2c1.O=C(O)/C=C/C(=O)O. The van der Waals surface area contributed by atoms with Gasteiger partial charge >= 0.3 is 11.9 Å². The van der Waals surface area contributed by atoms with Crippen molar-refractivity contribution in [3.8, 4) is 11.5 Å². The number of fused-ring (bicyclic) bond motifs is 4. The van der Waals surface area contributed by atoms with Gasteiger partial charge in [-0.15, -0.1) is 0 Å². The minimum atomic E-state index is -1.26. The predicted molar refractivity (Wildman–Crippen MR) is 127 cm³/mol. The van der Waals surface area contributed by atoms with Gasteiger partial charge in [-0.2, -0.15) is 0 Å². The van der Waals surface area contributed by atoms with Crippen molar-refractivity contribution in [3.63, 3.8) is 0 Å². The fourth-order valence-corrected chi connectivity index (χ4v) is 4.70. The van der Waals surface area contributed by atoms with Gasteiger partial charge < -0.3 is 24.2 Å². The lowest BCUT2D eigenvalue weighted by Crippen LogP contribution is -2.35. The van der Waals surface area contributed by atoms with E-state index in [1.54, 1.807) is 6.07 Å². The summed E-state index contributed by atoms with van der Waals surface area (Å²) in [7, 11) is 0. The van der Waals surface area contributed by atoms with Crippen molar-refractivity contribution in [1.82, 2.24) is 10.1 Å². The van der Waals surface area contributed by atoms with Crippen LogP contribution in [-0.2, 0) is 9.59 Å². The molecule has 36 heavy (non-hydrogen) atoms. The maximum absolute atomic E-state index is 13.4. The minimum absolute atomic E-state index is 0.290. The first kappa shape index (κ1) is 23.6. The third-order valence-electron chi connectivity index (χ3n) is 6.44. The first-order valence-electron chi connectivity index (χ1n) is 11.4. The Morgan fingerprint density at radius 3 is 2.56 bits per heavy atom. The zero-order chi connectivity index (χ0) is 25.2. The van der Waals surface area contributed by atoms with Crippen LogP contribution in [0.2, 0.25) is 0 Å². The smallest absolute Gasteiger partial charge is 0.328 e. The van der Waals surface area contributed by atoms with Gasteiger partial charge in [0.1, 0.15) is 5.82 Å². The monoisotopic (exact) mass is 494 g/mol. The van der Waals surface area contributed by atoms with Gasteiger partial charge in [0.25, 0.3) is 0 Å². The number of likely N-dealkylation sites (tertiary alicyclic amines) is 1. The summed E-state index contributed by atoms with van der Waals surface area (Å²) < 4.78 is 29.7. The Kier molecular flexibility index (Phi) is 6.43. The standard InChI is InChI=1S/C22H19FN2O3.C4H4O4/c23-15-1-2-17-20(10-15)28-24-21(17)13-5-7-25(8-6-13)11-14-9-18-16(14)3-4-19-22(18)27-12-26-19;5-3(6)1-2-4(7)8/h1-4,9-10,13H,5-8,11-12H2;1-2H,(H,5,6)(H,7,8)/b;2-1+. The van der Waals surface area contributed by atoms with Gasteiger partial charge in [-0.05, 0) is 61.3 Å². The number of ether oxygens (including phenoxy) is 2. The Morgan fingerprint density at radius 1 is 1.08 bits per heavy atom. The summed E-state index contributed by atoms with van der Waals surface area (Å²) in [6.45, 7) is 3.28. The summed E-state index contributed by atoms with van der Waals surface area (Å²) in [6, 6.07) is 8.80. The Bertz CT molecular complexity index is 1370. The molecule has 1 fully saturated rings. The van der Waals surface area contributed by atoms with E-state index in [1.807, 2.05) is 6.07 Å². The number of carboxylic acid groups (broad SMARTS) is 2. The van der Waals surface area contributed by atoms with Crippen LogP contribution in [0.3, 0.4) is 0 Å². The molecular formula is C26H23FN2O7. The van der Waals surface area contributed by atoms with E-state index in [4.69, 9.17) is 24.2 Å². The van der Waals surface area contributed by atoms with E-state index >= 15 is 0 Å². The number of benzene rings is 2. The van der Waals surface area contributed by atoms with Gasteiger partial charge in [-0.3, -0.25) is 4.90 Å². The Labute approximate surface area is 205 Å². The molecule has 186 valence electrons. The topological polar surface area (TPSA) is 122 Å². The van der Waals surface area contributed by atoms with Crippen molar-refractivity contribution in [3.05, 3.63) is 65.1 Å². The number of aromatic nitrogens is 1. The molecule has 1 aromatic heterocycles. The van der Waals surface area contributed by atoms with Crippen LogP contribution in [0.15, 0.2) is 47.0 Å². The molecule has 1 aliphatic carbocycles. The van der Waals surface area contributed by atoms with Crippen molar-refractivity contribution >= 4 is 34.6 Å². The van der Waals surface area contributed by atoms with Crippen LogP contribution in [-0.4, -0.2) is 58.6 Å². The van der Waals surface area contributed by atoms with Crippen LogP contribution >= 0.6 is 0 Å². The van der Waals surface area contributed by atoms with Crippen LogP contribution < -0.4 is 9.47 Å². The maximum Gasteiger partial charge on any atom is 0.328 e. The van der Waals surface area contributed by atoms with Crippen LogP contribution in [0.5, 0.6) is 11.5 Å². The van der Waals surface area contributed by atoms with E-state index in [-0.39, 0.29) is 5.82 Å². The van der Waals surface area contributed by atoms with Crippen molar-refractivity contribution in [2.45, 2.75) is 18.8 Å². The first-order chi connectivity index (χ1) is 17.4. The molecular weight excluding hydrogens is 471 g/mol. The number of piperidine rings is 1. The molecule has 10 heteroatoms. The third-order valence-corrected chi connectivity index (χ3v) is 6.44.